The Morgan fingerprint density at radius 3 is 2.62 bits per heavy atom. The molecule has 8 heteroatoms. The minimum absolute atomic E-state index is 0.140. The van der Waals surface area contributed by atoms with Gasteiger partial charge < -0.3 is 9.88 Å². The van der Waals surface area contributed by atoms with Crippen molar-refractivity contribution in [2.45, 2.75) is 44.2 Å². The number of carbonyl (C=O) groups excluding carboxylic acids is 1. The summed E-state index contributed by atoms with van der Waals surface area (Å²) in [5.74, 6) is -3.36. The first kappa shape index (κ1) is 18.7. The van der Waals surface area contributed by atoms with Crippen molar-refractivity contribution in [3.05, 3.63) is 52.9 Å². The molecule has 154 valence electrons. The van der Waals surface area contributed by atoms with Gasteiger partial charge in [-0.1, -0.05) is 6.07 Å². The molecular weight excluding hydrogens is 381 g/mol. The number of amides is 1. The number of H-pyrrole nitrogens is 1. The van der Waals surface area contributed by atoms with E-state index in [2.05, 4.69) is 9.97 Å². The minimum Gasteiger partial charge on any atom is -0.348 e. The quantitative estimate of drug-likeness (QED) is 0.800. The number of piperidine rings is 1. The van der Waals surface area contributed by atoms with Crippen molar-refractivity contribution in [2.24, 2.45) is 5.92 Å². The summed E-state index contributed by atoms with van der Waals surface area (Å²) in [6, 6.07) is 2.26. The Morgan fingerprint density at radius 2 is 1.90 bits per heavy atom. The summed E-state index contributed by atoms with van der Waals surface area (Å²) in [5, 5.41) is 0. The van der Waals surface area contributed by atoms with Crippen LogP contribution in [0.5, 0.6) is 0 Å². The summed E-state index contributed by atoms with van der Waals surface area (Å²) in [6.07, 6.45) is 5.77. The number of benzene rings is 1. The average molecular weight is 404 g/mol. The number of aromatic amines is 1. The number of imidazole rings is 1. The molecule has 1 N–H and O–H groups in total. The molecule has 1 amide bonds. The fraction of sp³-hybridized carbons (Fsp3) is 0.524. The Bertz CT molecular complexity index is 947. The van der Waals surface area contributed by atoms with Gasteiger partial charge in [0.1, 0.15) is 0 Å². The Balaban J connectivity index is 1.37. The van der Waals surface area contributed by atoms with Gasteiger partial charge in [0.25, 0.3) is 0 Å². The van der Waals surface area contributed by atoms with E-state index in [1.54, 1.807) is 6.33 Å². The number of carbonyl (C=O) groups is 1. The molecule has 3 heterocycles. The van der Waals surface area contributed by atoms with Gasteiger partial charge >= 0.3 is 0 Å². The third-order valence-corrected chi connectivity index (χ3v) is 6.65. The molecule has 2 aliphatic heterocycles. The Hall–Kier alpha value is -2.35. The van der Waals surface area contributed by atoms with E-state index >= 15 is 0 Å². The van der Waals surface area contributed by atoms with Crippen LogP contribution >= 0.6 is 0 Å². The van der Waals surface area contributed by atoms with Crippen LogP contribution < -0.4 is 0 Å². The Labute approximate surface area is 166 Å². The first-order valence-corrected chi connectivity index (χ1v) is 10.2. The summed E-state index contributed by atoms with van der Waals surface area (Å²) < 4.78 is 40.8. The number of rotatable bonds is 3. The Morgan fingerprint density at radius 1 is 1.14 bits per heavy atom. The molecule has 5 rings (SSSR count). The zero-order valence-electron chi connectivity index (χ0n) is 16.1. The first-order chi connectivity index (χ1) is 14.0. The summed E-state index contributed by atoms with van der Waals surface area (Å²) in [4.78, 5) is 24.8. The monoisotopic (exact) mass is 404 g/mol. The number of halogens is 3. The van der Waals surface area contributed by atoms with Crippen molar-refractivity contribution < 1.29 is 18.0 Å². The molecule has 1 spiro atoms. The standard InChI is InChI=1S/C21H23F3N4O/c22-15-4-3-14(17(23)18(15)24)11-27-9-6-21(7-10-27)19-16(25-12-26-19)5-8-28(21)20(29)13-1-2-13/h3-4,12-13H,1-2,5-11H2,(H,25,26). The number of likely N-dealkylation sites (tertiary alicyclic amines) is 1. The van der Waals surface area contributed by atoms with E-state index in [1.165, 1.54) is 6.07 Å². The lowest BCUT2D eigenvalue weighted by atomic mass is 9.78. The van der Waals surface area contributed by atoms with Crippen LogP contribution in [-0.4, -0.2) is 45.3 Å². The number of hydrogen-bond acceptors (Lipinski definition) is 3. The molecule has 2 fully saturated rings. The van der Waals surface area contributed by atoms with Gasteiger partial charge in [0.2, 0.25) is 5.91 Å². The molecular formula is C21H23F3N4O. The first-order valence-electron chi connectivity index (χ1n) is 10.2. The molecule has 3 aliphatic rings. The number of nitrogens with zero attached hydrogens (tertiary/aromatic N) is 3. The fourth-order valence-corrected chi connectivity index (χ4v) is 4.87. The van der Waals surface area contributed by atoms with Crippen molar-refractivity contribution in [1.82, 2.24) is 19.8 Å². The van der Waals surface area contributed by atoms with Gasteiger partial charge in [0.05, 0.1) is 17.6 Å². The third-order valence-electron chi connectivity index (χ3n) is 6.65. The number of hydrogen-bond donors (Lipinski definition) is 1. The molecule has 1 aromatic heterocycles. The van der Waals surface area contributed by atoms with Crippen LogP contribution in [-0.2, 0) is 23.3 Å². The van der Waals surface area contributed by atoms with E-state index in [0.717, 1.165) is 36.7 Å². The largest absolute Gasteiger partial charge is 0.348 e. The van der Waals surface area contributed by atoms with Crippen molar-refractivity contribution in [3.63, 3.8) is 0 Å². The number of fused-ring (bicyclic) bond motifs is 2. The number of aromatic nitrogens is 2. The maximum Gasteiger partial charge on any atom is 0.226 e. The summed E-state index contributed by atoms with van der Waals surface area (Å²) in [5.41, 5.74) is 1.76. The van der Waals surface area contributed by atoms with Gasteiger partial charge in [-0.3, -0.25) is 9.69 Å². The van der Waals surface area contributed by atoms with Crippen LogP contribution in [0.1, 0.15) is 42.6 Å². The molecule has 0 unspecified atom stereocenters. The molecule has 0 radical (unpaired) electrons. The van der Waals surface area contributed by atoms with Crippen LogP contribution in [0.4, 0.5) is 13.2 Å². The van der Waals surface area contributed by atoms with Crippen LogP contribution in [0.25, 0.3) is 0 Å². The van der Waals surface area contributed by atoms with Crippen molar-refractivity contribution in [1.29, 1.82) is 0 Å². The van der Waals surface area contributed by atoms with Crippen LogP contribution in [0.2, 0.25) is 0 Å². The van der Waals surface area contributed by atoms with Gasteiger partial charge in [0.15, 0.2) is 17.5 Å². The summed E-state index contributed by atoms with van der Waals surface area (Å²) in [7, 11) is 0. The third kappa shape index (κ3) is 3.04. The molecule has 1 aliphatic carbocycles. The molecule has 1 saturated heterocycles. The van der Waals surface area contributed by atoms with Crippen molar-refractivity contribution >= 4 is 5.91 Å². The van der Waals surface area contributed by atoms with Crippen molar-refractivity contribution in [3.8, 4) is 0 Å². The molecule has 2 aromatic rings. The molecule has 0 bridgehead atoms. The molecule has 5 nitrogen and oxygen atoms in total. The lowest BCUT2D eigenvalue weighted by molar-refractivity contribution is -0.143. The predicted octanol–water partition coefficient (Wildman–Crippen LogP) is 3.11. The highest BCUT2D eigenvalue weighted by Gasteiger charge is 2.50. The molecule has 0 atom stereocenters. The summed E-state index contributed by atoms with van der Waals surface area (Å²) in [6.45, 7) is 2.14. The second kappa shape index (κ2) is 6.86. The zero-order valence-corrected chi connectivity index (χ0v) is 16.1. The van der Waals surface area contributed by atoms with Crippen LogP contribution in [0.15, 0.2) is 18.5 Å². The maximum absolute atomic E-state index is 14.1. The second-order valence-corrected chi connectivity index (χ2v) is 8.39. The van der Waals surface area contributed by atoms with E-state index in [1.807, 2.05) is 9.80 Å². The minimum atomic E-state index is -1.43. The van der Waals surface area contributed by atoms with E-state index in [-0.39, 0.29) is 23.9 Å². The lowest BCUT2D eigenvalue weighted by Crippen LogP contribution is -2.58. The number of nitrogens with one attached hydrogen (secondary N) is 1. The summed E-state index contributed by atoms with van der Waals surface area (Å²) >= 11 is 0. The average Bonchev–Trinajstić information content (AvgIpc) is 3.47. The highest BCUT2D eigenvalue weighted by Crippen LogP contribution is 2.45. The molecule has 1 saturated carbocycles. The normalized spacial score (nSPS) is 21.4. The van der Waals surface area contributed by atoms with Crippen LogP contribution in [0, 0.1) is 23.4 Å². The maximum atomic E-state index is 14.1. The molecule has 1 aromatic carbocycles. The second-order valence-electron chi connectivity index (χ2n) is 8.39. The Kier molecular flexibility index (Phi) is 4.42. The predicted molar refractivity (Wildman–Crippen MR) is 99.2 cm³/mol. The smallest absolute Gasteiger partial charge is 0.226 e. The van der Waals surface area contributed by atoms with E-state index in [4.69, 9.17) is 0 Å². The van der Waals surface area contributed by atoms with E-state index in [9.17, 15) is 18.0 Å². The fourth-order valence-electron chi connectivity index (χ4n) is 4.87. The van der Waals surface area contributed by atoms with Crippen LogP contribution in [0.3, 0.4) is 0 Å². The van der Waals surface area contributed by atoms with E-state index in [0.29, 0.717) is 32.5 Å². The zero-order chi connectivity index (χ0) is 20.2. The lowest BCUT2D eigenvalue weighted by Gasteiger charge is -2.50. The highest BCUT2D eigenvalue weighted by atomic mass is 19.2. The van der Waals surface area contributed by atoms with Gasteiger partial charge in [-0.05, 0) is 31.7 Å². The van der Waals surface area contributed by atoms with Gasteiger partial charge in [-0.15, -0.1) is 0 Å². The van der Waals surface area contributed by atoms with Gasteiger partial charge in [-0.25, -0.2) is 18.2 Å². The van der Waals surface area contributed by atoms with Gasteiger partial charge in [-0.2, -0.15) is 0 Å². The van der Waals surface area contributed by atoms with Crippen molar-refractivity contribution in [2.75, 3.05) is 19.6 Å². The SMILES string of the molecule is O=C(C1CC1)N1CCc2[nH]cnc2C12CCN(Cc1ccc(F)c(F)c1F)CC2. The van der Waals surface area contributed by atoms with E-state index < -0.39 is 23.0 Å². The van der Waals surface area contributed by atoms with Gasteiger partial charge in [0, 0.05) is 49.8 Å². The highest BCUT2D eigenvalue weighted by molar-refractivity contribution is 5.82. The topological polar surface area (TPSA) is 52.2 Å². The molecule has 29 heavy (non-hydrogen) atoms.